The van der Waals surface area contributed by atoms with Crippen molar-refractivity contribution in [3.63, 3.8) is 0 Å². The molecule has 2 aromatic heterocycles. The van der Waals surface area contributed by atoms with E-state index >= 15 is 0 Å². The maximum atomic E-state index is 13.2. The summed E-state index contributed by atoms with van der Waals surface area (Å²) in [6.07, 6.45) is 8.71. The number of amides is 1. The van der Waals surface area contributed by atoms with Gasteiger partial charge in [-0.15, -0.1) is 0 Å². The van der Waals surface area contributed by atoms with Crippen LogP contribution in [-0.2, 0) is 13.5 Å². The monoisotopic (exact) mass is 358 g/mol. The average molecular weight is 358 g/mol. The number of methoxy groups -OCH3 is 2. The highest BCUT2D eigenvalue weighted by Gasteiger charge is 2.29. The fourth-order valence-electron chi connectivity index (χ4n) is 3.51. The number of aromatic nitrogens is 3. The predicted molar refractivity (Wildman–Crippen MR) is 97.5 cm³/mol. The van der Waals surface area contributed by atoms with Crippen molar-refractivity contribution in [2.45, 2.75) is 38.1 Å². The van der Waals surface area contributed by atoms with E-state index in [-0.39, 0.29) is 11.9 Å². The van der Waals surface area contributed by atoms with Crippen molar-refractivity contribution in [1.82, 2.24) is 19.4 Å². The predicted octanol–water partition coefficient (Wildman–Crippen LogP) is 2.46. The molecule has 2 aromatic rings. The minimum atomic E-state index is -0.0263. The number of nitrogens with zero attached hydrogens (tertiary/aromatic N) is 4. The van der Waals surface area contributed by atoms with Gasteiger partial charge in [-0.3, -0.25) is 4.79 Å². The van der Waals surface area contributed by atoms with E-state index in [4.69, 9.17) is 9.47 Å². The molecule has 0 saturated carbocycles. The van der Waals surface area contributed by atoms with Crippen LogP contribution >= 0.6 is 0 Å². The zero-order chi connectivity index (χ0) is 18.5. The number of rotatable bonds is 6. The first-order valence-electron chi connectivity index (χ1n) is 9.00. The highest BCUT2D eigenvalue weighted by molar-refractivity contribution is 5.96. The molecule has 0 N–H and O–H groups in total. The Labute approximate surface area is 154 Å². The Kier molecular flexibility index (Phi) is 5.75. The van der Waals surface area contributed by atoms with Crippen molar-refractivity contribution >= 4 is 5.91 Å². The third-order valence-electron chi connectivity index (χ3n) is 4.98. The highest BCUT2D eigenvalue weighted by Crippen LogP contribution is 2.27. The number of ether oxygens (including phenoxy) is 2. The zero-order valence-corrected chi connectivity index (χ0v) is 15.6. The molecule has 1 saturated heterocycles. The molecule has 7 heteroatoms. The summed E-state index contributed by atoms with van der Waals surface area (Å²) in [6, 6.07) is 3.64. The summed E-state index contributed by atoms with van der Waals surface area (Å²) in [7, 11) is 5.06. The fraction of sp³-hybridized carbons (Fsp3) is 0.526. The number of hydrogen-bond donors (Lipinski definition) is 0. The standard InChI is InChI=1S/C19H26N4O3/c1-22-13-11-20-16(22)9-7-14-6-4-5-12-23(14)19(24)15-8-10-17(25-2)21-18(15)26-3/h8,10-11,13-14H,4-7,9,12H2,1-3H3/t14-/m1/s1. The average Bonchev–Trinajstić information content (AvgIpc) is 3.10. The van der Waals surface area contributed by atoms with Crippen LogP contribution in [0.1, 0.15) is 41.9 Å². The van der Waals surface area contributed by atoms with E-state index in [1.165, 1.54) is 7.11 Å². The molecule has 7 nitrogen and oxygen atoms in total. The lowest BCUT2D eigenvalue weighted by Gasteiger charge is -2.36. The maximum Gasteiger partial charge on any atom is 0.259 e. The molecule has 0 unspecified atom stereocenters. The number of likely N-dealkylation sites (tertiary alicyclic amines) is 1. The topological polar surface area (TPSA) is 69.5 Å². The van der Waals surface area contributed by atoms with Gasteiger partial charge in [0, 0.05) is 44.5 Å². The number of hydrogen-bond acceptors (Lipinski definition) is 5. The van der Waals surface area contributed by atoms with Crippen LogP contribution < -0.4 is 9.47 Å². The first-order chi connectivity index (χ1) is 12.6. The molecular weight excluding hydrogens is 332 g/mol. The van der Waals surface area contributed by atoms with Crippen molar-refractivity contribution in [1.29, 1.82) is 0 Å². The molecule has 1 aliphatic heterocycles. The molecule has 1 amide bonds. The maximum absolute atomic E-state index is 13.2. The second kappa shape index (κ2) is 8.21. The molecule has 1 aliphatic rings. The molecule has 0 bridgehead atoms. The van der Waals surface area contributed by atoms with Crippen molar-refractivity contribution in [2.24, 2.45) is 7.05 Å². The second-order valence-electron chi connectivity index (χ2n) is 6.55. The van der Waals surface area contributed by atoms with Gasteiger partial charge in [-0.2, -0.15) is 4.98 Å². The SMILES string of the molecule is COc1ccc(C(=O)N2CCCC[C@@H]2CCc2nccn2C)c(OC)n1. The van der Waals surface area contributed by atoms with Crippen LogP contribution in [0, 0.1) is 0 Å². The van der Waals surface area contributed by atoms with Crippen LogP contribution in [0.5, 0.6) is 11.8 Å². The van der Waals surface area contributed by atoms with Crippen LogP contribution in [0.2, 0.25) is 0 Å². The summed E-state index contributed by atoms with van der Waals surface area (Å²) in [5.41, 5.74) is 0.484. The molecule has 3 heterocycles. The van der Waals surface area contributed by atoms with Gasteiger partial charge in [-0.1, -0.05) is 0 Å². The third-order valence-corrected chi connectivity index (χ3v) is 4.98. The Morgan fingerprint density at radius 3 is 2.81 bits per heavy atom. The molecular formula is C19H26N4O3. The Morgan fingerprint density at radius 1 is 1.27 bits per heavy atom. The van der Waals surface area contributed by atoms with Gasteiger partial charge < -0.3 is 18.9 Å². The normalized spacial score (nSPS) is 17.2. The summed E-state index contributed by atoms with van der Waals surface area (Å²) in [6.45, 7) is 0.763. The summed E-state index contributed by atoms with van der Waals surface area (Å²) in [5.74, 6) is 1.76. The number of carbonyl (C=O) groups is 1. The molecule has 3 rings (SSSR count). The van der Waals surface area contributed by atoms with Crippen LogP contribution in [0.3, 0.4) is 0 Å². The number of carbonyl (C=O) groups excluding carboxylic acids is 1. The first-order valence-corrected chi connectivity index (χ1v) is 9.00. The second-order valence-corrected chi connectivity index (χ2v) is 6.55. The molecule has 0 aromatic carbocycles. The van der Waals surface area contributed by atoms with Crippen LogP contribution in [0.15, 0.2) is 24.5 Å². The van der Waals surface area contributed by atoms with E-state index in [1.807, 2.05) is 28.9 Å². The number of pyridine rings is 1. The Hall–Kier alpha value is -2.57. The highest BCUT2D eigenvalue weighted by atomic mass is 16.5. The van der Waals surface area contributed by atoms with Crippen molar-refractivity contribution in [3.05, 3.63) is 35.9 Å². The van der Waals surface area contributed by atoms with Gasteiger partial charge in [0.25, 0.3) is 5.91 Å². The minimum absolute atomic E-state index is 0.0263. The van der Waals surface area contributed by atoms with Gasteiger partial charge >= 0.3 is 0 Å². The summed E-state index contributed by atoms with van der Waals surface area (Å²) < 4.78 is 12.5. The molecule has 0 aliphatic carbocycles. The van der Waals surface area contributed by atoms with Gasteiger partial charge in [-0.05, 0) is 31.7 Å². The Balaban J connectivity index is 1.76. The third kappa shape index (κ3) is 3.81. The number of imidazole rings is 1. The first kappa shape index (κ1) is 18.2. The molecule has 0 spiro atoms. The fourth-order valence-corrected chi connectivity index (χ4v) is 3.51. The number of aryl methyl sites for hydroxylation is 2. The van der Waals surface area contributed by atoms with E-state index < -0.39 is 0 Å². The van der Waals surface area contributed by atoms with Crippen molar-refractivity contribution in [2.75, 3.05) is 20.8 Å². The van der Waals surface area contributed by atoms with Gasteiger partial charge in [-0.25, -0.2) is 4.98 Å². The van der Waals surface area contributed by atoms with Gasteiger partial charge in [0.05, 0.1) is 14.2 Å². The molecule has 0 radical (unpaired) electrons. The quantitative estimate of drug-likeness (QED) is 0.793. The largest absolute Gasteiger partial charge is 0.481 e. The van der Waals surface area contributed by atoms with E-state index in [9.17, 15) is 4.79 Å². The van der Waals surface area contributed by atoms with Crippen LogP contribution in [-0.4, -0.2) is 52.1 Å². The lowest BCUT2D eigenvalue weighted by Crippen LogP contribution is -2.44. The van der Waals surface area contributed by atoms with Crippen LogP contribution in [0.25, 0.3) is 0 Å². The zero-order valence-electron chi connectivity index (χ0n) is 15.6. The van der Waals surface area contributed by atoms with E-state index in [0.29, 0.717) is 17.3 Å². The summed E-state index contributed by atoms with van der Waals surface area (Å²) >= 11 is 0. The number of piperidine rings is 1. The van der Waals surface area contributed by atoms with Gasteiger partial charge in [0.2, 0.25) is 11.8 Å². The molecule has 1 atom stereocenters. The Bertz CT molecular complexity index is 759. The van der Waals surface area contributed by atoms with E-state index in [2.05, 4.69) is 9.97 Å². The van der Waals surface area contributed by atoms with E-state index in [0.717, 1.165) is 44.5 Å². The molecule has 140 valence electrons. The summed E-state index contributed by atoms with van der Waals surface area (Å²) in [4.78, 5) is 23.8. The van der Waals surface area contributed by atoms with Crippen molar-refractivity contribution in [3.8, 4) is 11.8 Å². The minimum Gasteiger partial charge on any atom is -0.481 e. The molecule has 26 heavy (non-hydrogen) atoms. The van der Waals surface area contributed by atoms with Crippen molar-refractivity contribution < 1.29 is 14.3 Å². The summed E-state index contributed by atoms with van der Waals surface area (Å²) in [5, 5.41) is 0. The molecule has 1 fully saturated rings. The lowest BCUT2D eigenvalue weighted by molar-refractivity contribution is 0.0596. The lowest BCUT2D eigenvalue weighted by atomic mass is 9.96. The van der Waals surface area contributed by atoms with Gasteiger partial charge in [0.1, 0.15) is 11.4 Å². The van der Waals surface area contributed by atoms with Gasteiger partial charge in [0.15, 0.2) is 0 Å². The van der Waals surface area contributed by atoms with E-state index in [1.54, 1.807) is 19.2 Å². The Morgan fingerprint density at radius 2 is 2.12 bits per heavy atom. The van der Waals surface area contributed by atoms with Crippen LogP contribution in [0.4, 0.5) is 0 Å². The smallest absolute Gasteiger partial charge is 0.259 e.